The van der Waals surface area contributed by atoms with Crippen LogP contribution in [0.2, 0.25) is 0 Å². The van der Waals surface area contributed by atoms with E-state index in [4.69, 9.17) is 5.11 Å². The first-order valence-electron chi connectivity index (χ1n) is 8.44. The average molecular weight is 282 g/mol. The summed E-state index contributed by atoms with van der Waals surface area (Å²) in [5.41, 5.74) is 0. The van der Waals surface area contributed by atoms with Crippen molar-refractivity contribution < 1.29 is 9.90 Å². The molecule has 0 aromatic carbocycles. The van der Waals surface area contributed by atoms with Crippen molar-refractivity contribution in [1.82, 2.24) is 10.2 Å². The quantitative estimate of drug-likeness (QED) is 0.702. The molecule has 116 valence electrons. The summed E-state index contributed by atoms with van der Waals surface area (Å²) in [6.45, 7) is 3.11. The van der Waals surface area contributed by atoms with E-state index in [2.05, 4.69) is 10.2 Å². The number of aliphatic hydroxyl groups is 1. The standard InChI is InChI=1S/C16H30N2O2/c19-12-5-4-10-18-11-6-9-15(18)16(20)17-13-14-7-2-1-3-8-14/h14-15,19H,1-13H2,(H,17,20). The minimum absolute atomic E-state index is 0.0808. The molecule has 1 atom stereocenters. The van der Waals surface area contributed by atoms with Crippen molar-refractivity contribution in [2.24, 2.45) is 5.92 Å². The summed E-state index contributed by atoms with van der Waals surface area (Å²) in [7, 11) is 0. The van der Waals surface area contributed by atoms with E-state index in [1.54, 1.807) is 0 Å². The third-order valence-electron chi connectivity index (χ3n) is 4.81. The van der Waals surface area contributed by atoms with Gasteiger partial charge in [-0.1, -0.05) is 19.3 Å². The predicted octanol–water partition coefficient (Wildman–Crippen LogP) is 1.92. The molecule has 1 saturated heterocycles. The van der Waals surface area contributed by atoms with Gasteiger partial charge in [0.05, 0.1) is 6.04 Å². The first-order valence-corrected chi connectivity index (χ1v) is 8.44. The molecular weight excluding hydrogens is 252 g/mol. The fourth-order valence-corrected chi connectivity index (χ4v) is 3.57. The number of amides is 1. The van der Waals surface area contributed by atoms with Crippen LogP contribution in [0.5, 0.6) is 0 Å². The fourth-order valence-electron chi connectivity index (χ4n) is 3.57. The van der Waals surface area contributed by atoms with Crippen LogP contribution in [-0.4, -0.2) is 48.2 Å². The van der Waals surface area contributed by atoms with Crippen LogP contribution in [0.1, 0.15) is 57.8 Å². The molecule has 0 bridgehead atoms. The van der Waals surface area contributed by atoms with Gasteiger partial charge in [-0.15, -0.1) is 0 Å². The molecule has 0 spiro atoms. The zero-order valence-electron chi connectivity index (χ0n) is 12.6. The second-order valence-electron chi connectivity index (χ2n) is 6.37. The maximum absolute atomic E-state index is 12.3. The number of aliphatic hydroxyl groups excluding tert-OH is 1. The van der Waals surface area contributed by atoms with Crippen molar-refractivity contribution in [1.29, 1.82) is 0 Å². The van der Waals surface area contributed by atoms with E-state index in [-0.39, 0.29) is 18.6 Å². The highest BCUT2D eigenvalue weighted by Crippen LogP contribution is 2.23. The molecule has 1 aliphatic heterocycles. The van der Waals surface area contributed by atoms with Crippen LogP contribution in [0.3, 0.4) is 0 Å². The van der Waals surface area contributed by atoms with E-state index in [1.165, 1.54) is 32.1 Å². The molecule has 1 aliphatic carbocycles. The number of unbranched alkanes of at least 4 members (excludes halogenated alkanes) is 1. The first kappa shape index (κ1) is 15.8. The van der Waals surface area contributed by atoms with Crippen LogP contribution < -0.4 is 5.32 Å². The molecule has 1 saturated carbocycles. The van der Waals surface area contributed by atoms with Gasteiger partial charge in [0.1, 0.15) is 0 Å². The Bertz CT molecular complexity index is 290. The number of carbonyl (C=O) groups excluding carboxylic acids is 1. The molecular formula is C16H30N2O2. The smallest absolute Gasteiger partial charge is 0.237 e. The van der Waals surface area contributed by atoms with E-state index in [0.29, 0.717) is 5.92 Å². The van der Waals surface area contributed by atoms with Gasteiger partial charge in [-0.25, -0.2) is 0 Å². The van der Waals surface area contributed by atoms with E-state index >= 15 is 0 Å². The molecule has 4 heteroatoms. The highest BCUT2D eigenvalue weighted by molar-refractivity contribution is 5.82. The topological polar surface area (TPSA) is 52.6 Å². The lowest BCUT2D eigenvalue weighted by Gasteiger charge is -2.26. The molecule has 2 aliphatic rings. The number of nitrogens with zero attached hydrogens (tertiary/aromatic N) is 1. The van der Waals surface area contributed by atoms with Crippen LogP contribution in [0, 0.1) is 5.92 Å². The Morgan fingerprint density at radius 2 is 1.90 bits per heavy atom. The molecule has 0 radical (unpaired) electrons. The van der Waals surface area contributed by atoms with Crippen LogP contribution in [-0.2, 0) is 4.79 Å². The van der Waals surface area contributed by atoms with Gasteiger partial charge in [-0.3, -0.25) is 9.69 Å². The van der Waals surface area contributed by atoms with E-state index in [9.17, 15) is 4.79 Å². The zero-order valence-corrected chi connectivity index (χ0v) is 12.6. The number of hydrogen-bond acceptors (Lipinski definition) is 3. The Hall–Kier alpha value is -0.610. The van der Waals surface area contributed by atoms with Crippen molar-refractivity contribution in [3.05, 3.63) is 0 Å². The largest absolute Gasteiger partial charge is 0.396 e. The third-order valence-corrected chi connectivity index (χ3v) is 4.81. The van der Waals surface area contributed by atoms with Crippen LogP contribution in [0.4, 0.5) is 0 Å². The lowest BCUT2D eigenvalue weighted by molar-refractivity contribution is -0.125. The molecule has 2 N–H and O–H groups in total. The van der Waals surface area contributed by atoms with Crippen LogP contribution in [0.15, 0.2) is 0 Å². The second-order valence-corrected chi connectivity index (χ2v) is 6.37. The lowest BCUT2D eigenvalue weighted by Crippen LogP contribution is -2.45. The van der Waals surface area contributed by atoms with E-state index in [1.807, 2.05) is 0 Å². The maximum Gasteiger partial charge on any atom is 0.237 e. The van der Waals surface area contributed by atoms with Gasteiger partial charge in [-0.05, 0) is 57.5 Å². The van der Waals surface area contributed by atoms with Crippen molar-refractivity contribution in [2.75, 3.05) is 26.2 Å². The maximum atomic E-state index is 12.3. The summed E-state index contributed by atoms with van der Waals surface area (Å²) in [5, 5.41) is 12.0. The minimum atomic E-state index is 0.0808. The van der Waals surface area contributed by atoms with Crippen LogP contribution in [0.25, 0.3) is 0 Å². The van der Waals surface area contributed by atoms with Gasteiger partial charge in [-0.2, -0.15) is 0 Å². The molecule has 2 rings (SSSR count). The van der Waals surface area contributed by atoms with E-state index < -0.39 is 0 Å². The second kappa shape index (κ2) is 8.63. The van der Waals surface area contributed by atoms with Gasteiger partial charge in [0.25, 0.3) is 0 Å². The van der Waals surface area contributed by atoms with Gasteiger partial charge in [0.2, 0.25) is 5.91 Å². The number of carbonyl (C=O) groups is 1. The van der Waals surface area contributed by atoms with Crippen molar-refractivity contribution in [3.63, 3.8) is 0 Å². The molecule has 20 heavy (non-hydrogen) atoms. The predicted molar refractivity (Wildman–Crippen MR) is 80.5 cm³/mol. The highest BCUT2D eigenvalue weighted by Gasteiger charge is 2.30. The van der Waals surface area contributed by atoms with Crippen LogP contribution >= 0.6 is 0 Å². The fraction of sp³-hybridized carbons (Fsp3) is 0.938. The summed E-state index contributed by atoms with van der Waals surface area (Å²) in [6, 6.07) is 0.0808. The van der Waals surface area contributed by atoms with Gasteiger partial charge in [0.15, 0.2) is 0 Å². The monoisotopic (exact) mass is 282 g/mol. The Labute approximate surface area is 122 Å². The molecule has 0 aromatic rings. The van der Waals surface area contributed by atoms with Crippen molar-refractivity contribution in [2.45, 2.75) is 63.8 Å². The van der Waals surface area contributed by atoms with Crippen molar-refractivity contribution in [3.8, 4) is 0 Å². The highest BCUT2D eigenvalue weighted by atomic mass is 16.2. The molecule has 1 heterocycles. The molecule has 1 unspecified atom stereocenters. The number of hydrogen-bond donors (Lipinski definition) is 2. The Kier molecular flexibility index (Phi) is 6.80. The SMILES string of the molecule is O=C(NCC1CCCCC1)C1CCCN1CCCCO. The molecule has 2 fully saturated rings. The normalized spacial score (nSPS) is 24.9. The van der Waals surface area contributed by atoms with Crippen molar-refractivity contribution >= 4 is 5.91 Å². The summed E-state index contributed by atoms with van der Waals surface area (Å²) < 4.78 is 0. The average Bonchev–Trinajstić information content (AvgIpc) is 2.95. The Morgan fingerprint density at radius 3 is 2.65 bits per heavy atom. The Balaban J connectivity index is 1.69. The Morgan fingerprint density at radius 1 is 1.10 bits per heavy atom. The summed E-state index contributed by atoms with van der Waals surface area (Å²) >= 11 is 0. The number of nitrogens with one attached hydrogen (secondary N) is 1. The summed E-state index contributed by atoms with van der Waals surface area (Å²) in [5.74, 6) is 0.939. The molecule has 0 aromatic heterocycles. The summed E-state index contributed by atoms with van der Waals surface area (Å²) in [4.78, 5) is 14.6. The van der Waals surface area contributed by atoms with Gasteiger partial charge >= 0.3 is 0 Å². The summed E-state index contributed by atoms with van der Waals surface area (Å²) in [6.07, 6.45) is 10.5. The third kappa shape index (κ3) is 4.74. The first-order chi connectivity index (χ1) is 9.81. The zero-order chi connectivity index (χ0) is 14.2. The minimum Gasteiger partial charge on any atom is -0.396 e. The number of likely N-dealkylation sites (tertiary alicyclic amines) is 1. The van der Waals surface area contributed by atoms with Gasteiger partial charge in [0, 0.05) is 13.2 Å². The lowest BCUT2D eigenvalue weighted by atomic mass is 9.89. The van der Waals surface area contributed by atoms with E-state index in [0.717, 1.165) is 45.3 Å². The number of rotatable bonds is 7. The molecule has 1 amide bonds. The van der Waals surface area contributed by atoms with Gasteiger partial charge < -0.3 is 10.4 Å². The molecule has 4 nitrogen and oxygen atoms in total.